The van der Waals surface area contributed by atoms with Gasteiger partial charge < -0.3 is 14.6 Å². The van der Waals surface area contributed by atoms with Crippen LogP contribution in [0.15, 0.2) is 41.2 Å². The number of nitrogens with zero attached hydrogens (tertiary/aromatic N) is 1. The van der Waals surface area contributed by atoms with Gasteiger partial charge in [0.05, 0.1) is 30.6 Å². The topological polar surface area (TPSA) is 62.4 Å². The maximum Gasteiger partial charge on any atom is 0.256 e. The summed E-state index contributed by atoms with van der Waals surface area (Å²) in [6.07, 6.45) is 0.673. The number of hydrogen-bond acceptors (Lipinski definition) is 3. The second-order valence-corrected chi connectivity index (χ2v) is 7.59. The van der Waals surface area contributed by atoms with E-state index in [1.54, 1.807) is 11.9 Å². The predicted molar refractivity (Wildman–Crippen MR) is 103 cm³/mol. The molecule has 1 aromatic heterocycles. The number of ether oxygens (including phenoxy) is 1. The molecule has 0 bridgehead atoms. The largest absolute Gasteiger partial charge is 0.373 e. The highest BCUT2D eigenvalue weighted by Gasteiger charge is 2.38. The number of carbonyl (C=O) groups excluding carboxylic acids is 1. The van der Waals surface area contributed by atoms with Crippen molar-refractivity contribution in [2.45, 2.75) is 25.0 Å². The number of halogens is 2. The van der Waals surface area contributed by atoms with Gasteiger partial charge in [-0.05, 0) is 35.1 Å². The summed E-state index contributed by atoms with van der Waals surface area (Å²) in [7, 11) is 1.68. The lowest BCUT2D eigenvalue weighted by Crippen LogP contribution is -2.42. The van der Waals surface area contributed by atoms with Crippen molar-refractivity contribution in [2.75, 3.05) is 13.7 Å². The Morgan fingerprint density at radius 2 is 1.90 bits per heavy atom. The summed E-state index contributed by atoms with van der Waals surface area (Å²) >= 11 is 0. The SMILES string of the molecule is CN(C(=O)C1Cc2ccccc21)C1COCc2[nH]c(=O)c3cc(F)c(F)cc3c21. The third-order valence-electron chi connectivity index (χ3n) is 6.01. The fourth-order valence-electron chi connectivity index (χ4n) is 4.43. The molecule has 148 valence electrons. The highest BCUT2D eigenvalue weighted by Crippen LogP contribution is 2.39. The van der Waals surface area contributed by atoms with E-state index in [4.69, 9.17) is 4.74 Å². The van der Waals surface area contributed by atoms with Crippen LogP contribution in [0, 0.1) is 11.6 Å². The lowest BCUT2D eigenvalue weighted by atomic mass is 9.76. The Labute approximate surface area is 164 Å². The minimum Gasteiger partial charge on any atom is -0.373 e. The van der Waals surface area contributed by atoms with E-state index in [1.165, 1.54) is 0 Å². The van der Waals surface area contributed by atoms with Crippen molar-refractivity contribution >= 4 is 16.7 Å². The van der Waals surface area contributed by atoms with E-state index in [-0.39, 0.29) is 30.4 Å². The Kier molecular flexibility index (Phi) is 4.03. The van der Waals surface area contributed by atoms with Gasteiger partial charge in [0.25, 0.3) is 5.56 Å². The Hall–Kier alpha value is -3.06. The smallest absolute Gasteiger partial charge is 0.256 e. The molecular formula is C22H18F2N2O3. The number of H-pyrrole nitrogens is 1. The monoisotopic (exact) mass is 396 g/mol. The van der Waals surface area contributed by atoms with Gasteiger partial charge in [0.1, 0.15) is 0 Å². The van der Waals surface area contributed by atoms with Crippen molar-refractivity contribution < 1.29 is 18.3 Å². The van der Waals surface area contributed by atoms with E-state index in [0.29, 0.717) is 23.1 Å². The van der Waals surface area contributed by atoms with E-state index in [1.807, 2.05) is 24.3 Å². The number of hydrogen-bond donors (Lipinski definition) is 1. The third-order valence-corrected chi connectivity index (χ3v) is 6.01. The van der Waals surface area contributed by atoms with E-state index < -0.39 is 23.2 Å². The molecule has 0 spiro atoms. The quantitative estimate of drug-likeness (QED) is 0.724. The molecule has 2 heterocycles. The molecule has 1 aliphatic heterocycles. The van der Waals surface area contributed by atoms with Crippen LogP contribution in [0.5, 0.6) is 0 Å². The molecule has 5 nitrogen and oxygen atoms in total. The predicted octanol–water partition coefficient (Wildman–Crippen LogP) is 3.18. The van der Waals surface area contributed by atoms with Crippen molar-refractivity contribution in [3.05, 3.63) is 80.8 Å². The molecule has 1 amide bonds. The second-order valence-electron chi connectivity index (χ2n) is 7.59. The van der Waals surface area contributed by atoms with Crippen LogP contribution >= 0.6 is 0 Å². The average Bonchev–Trinajstić information content (AvgIpc) is 2.69. The lowest BCUT2D eigenvalue weighted by molar-refractivity contribution is -0.136. The van der Waals surface area contributed by atoms with Crippen molar-refractivity contribution in [2.24, 2.45) is 0 Å². The minimum absolute atomic E-state index is 0.0596. The van der Waals surface area contributed by atoms with E-state index in [9.17, 15) is 18.4 Å². The summed E-state index contributed by atoms with van der Waals surface area (Å²) in [5, 5.41) is 0.369. The van der Waals surface area contributed by atoms with Crippen molar-refractivity contribution in [1.82, 2.24) is 9.88 Å². The van der Waals surface area contributed by atoms with E-state index >= 15 is 0 Å². The van der Waals surface area contributed by atoms with Gasteiger partial charge >= 0.3 is 0 Å². The highest BCUT2D eigenvalue weighted by molar-refractivity contribution is 5.89. The van der Waals surface area contributed by atoms with Crippen LogP contribution in [-0.2, 0) is 22.6 Å². The zero-order valence-corrected chi connectivity index (χ0v) is 15.7. The van der Waals surface area contributed by atoms with Gasteiger partial charge in [-0.25, -0.2) is 8.78 Å². The fraction of sp³-hybridized carbons (Fsp3) is 0.273. The number of pyridine rings is 1. The number of nitrogens with one attached hydrogen (secondary N) is 1. The van der Waals surface area contributed by atoms with Gasteiger partial charge in [-0.15, -0.1) is 0 Å². The summed E-state index contributed by atoms with van der Waals surface area (Å²) in [5.41, 5.74) is 2.75. The molecule has 0 fully saturated rings. The lowest BCUT2D eigenvalue weighted by Gasteiger charge is -2.38. The van der Waals surface area contributed by atoms with Gasteiger partial charge in [-0.3, -0.25) is 9.59 Å². The minimum atomic E-state index is -1.08. The van der Waals surface area contributed by atoms with Crippen LogP contribution in [0.25, 0.3) is 10.8 Å². The first-order valence-electron chi connectivity index (χ1n) is 9.41. The van der Waals surface area contributed by atoms with Crippen LogP contribution in [0.1, 0.15) is 34.3 Å². The van der Waals surface area contributed by atoms with E-state index in [0.717, 1.165) is 23.3 Å². The number of carbonyl (C=O) groups is 1. The summed E-state index contributed by atoms with van der Waals surface area (Å²) in [5.74, 6) is -2.41. The normalized spacial score (nSPS) is 20.0. The number of amides is 1. The van der Waals surface area contributed by atoms with Gasteiger partial charge in [0.15, 0.2) is 11.6 Å². The molecule has 3 aromatic rings. The van der Waals surface area contributed by atoms with Crippen LogP contribution in [0.4, 0.5) is 8.78 Å². The van der Waals surface area contributed by atoms with Gasteiger partial charge in [-0.1, -0.05) is 24.3 Å². The maximum atomic E-state index is 14.0. The second kappa shape index (κ2) is 6.49. The number of benzene rings is 2. The van der Waals surface area contributed by atoms with Crippen LogP contribution < -0.4 is 5.56 Å². The highest BCUT2D eigenvalue weighted by atomic mass is 19.2. The third kappa shape index (κ3) is 2.68. The zero-order valence-electron chi connectivity index (χ0n) is 15.7. The average molecular weight is 396 g/mol. The van der Waals surface area contributed by atoms with Gasteiger partial charge in [0.2, 0.25) is 5.91 Å². The summed E-state index contributed by atoms with van der Waals surface area (Å²) in [6, 6.07) is 9.24. The summed E-state index contributed by atoms with van der Waals surface area (Å²) in [4.78, 5) is 29.8. The molecule has 0 radical (unpaired) electrons. The number of likely N-dealkylation sites (N-methyl/N-ethyl adjacent to an activating group) is 1. The Balaban J connectivity index is 1.59. The molecule has 1 aliphatic carbocycles. The number of rotatable bonds is 2. The van der Waals surface area contributed by atoms with Crippen LogP contribution in [0.3, 0.4) is 0 Å². The molecule has 0 saturated carbocycles. The summed E-state index contributed by atoms with van der Waals surface area (Å²) < 4.78 is 33.3. The Bertz CT molecular complexity index is 1220. The molecular weight excluding hydrogens is 378 g/mol. The molecule has 2 atom stereocenters. The summed E-state index contributed by atoms with van der Waals surface area (Å²) in [6.45, 7) is 0.355. The Morgan fingerprint density at radius 3 is 2.66 bits per heavy atom. The maximum absolute atomic E-state index is 14.0. The molecule has 5 rings (SSSR count). The van der Waals surface area contributed by atoms with Gasteiger partial charge in [0, 0.05) is 18.3 Å². The zero-order chi connectivity index (χ0) is 20.3. The first-order chi connectivity index (χ1) is 14.0. The molecule has 2 aliphatic rings. The Morgan fingerprint density at radius 1 is 1.17 bits per heavy atom. The van der Waals surface area contributed by atoms with Crippen molar-refractivity contribution in [3.63, 3.8) is 0 Å². The van der Waals surface area contributed by atoms with Crippen LogP contribution in [-0.4, -0.2) is 29.4 Å². The standard InChI is InChI=1S/C22H18F2N2O3/c1-26(22(28)15-6-11-4-2-3-5-12(11)15)19-10-29-9-18-20(19)13-7-16(23)17(24)8-14(13)21(27)25-18/h2-5,7-8,15,19H,6,9-10H2,1H3,(H,25,27). The van der Waals surface area contributed by atoms with Gasteiger partial charge in [-0.2, -0.15) is 0 Å². The molecule has 29 heavy (non-hydrogen) atoms. The molecule has 1 N–H and O–H groups in total. The molecule has 7 heteroatoms. The van der Waals surface area contributed by atoms with Crippen molar-refractivity contribution in [1.29, 1.82) is 0 Å². The molecule has 0 saturated heterocycles. The fourth-order valence-corrected chi connectivity index (χ4v) is 4.43. The number of aromatic amines is 1. The molecule has 2 unspecified atom stereocenters. The number of aromatic nitrogens is 1. The van der Waals surface area contributed by atoms with Crippen LogP contribution in [0.2, 0.25) is 0 Å². The van der Waals surface area contributed by atoms with E-state index in [2.05, 4.69) is 4.98 Å². The molecule has 2 aromatic carbocycles. The number of fused-ring (bicyclic) bond motifs is 4. The van der Waals surface area contributed by atoms with Crippen molar-refractivity contribution in [3.8, 4) is 0 Å². The first-order valence-corrected chi connectivity index (χ1v) is 9.41. The first kappa shape index (κ1) is 18.0.